The van der Waals surface area contributed by atoms with Crippen LogP contribution in [0.15, 0.2) is 24.3 Å². The number of hydrogen-bond donors (Lipinski definition) is 4. The number of carboxylic acid groups (broad SMARTS) is 1. The van der Waals surface area contributed by atoms with Gasteiger partial charge in [-0.25, -0.2) is 0 Å². The number of benzene rings is 1. The highest BCUT2D eigenvalue weighted by Gasteiger charge is 2.21. The molecule has 5 N–H and O–H groups in total. The van der Waals surface area contributed by atoms with Crippen molar-refractivity contribution in [2.45, 2.75) is 24.6 Å². The average Bonchev–Trinajstić information content (AvgIpc) is 2.64. The maximum atomic E-state index is 12.1. The average molecular weight is 383 g/mol. The van der Waals surface area contributed by atoms with Crippen LogP contribution in [0.1, 0.15) is 18.4 Å². The lowest BCUT2D eigenvalue weighted by Crippen LogP contribution is -2.49. The van der Waals surface area contributed by atoms with Gasteiger partial charge in [-0.15, -0.1) is 0 Å². The van der Waals surface area contributed by atoms with Crippen molar-refractivity contribution in [1.82, 2.24) is 10.6 Å². The zero-order valence-corrected chi connectivity index (χ0v) is 15.5. The van der Waals surface area contributed by atoms with Crippen LogP contribution in [0.5, 0.6) is 5.75 Å². The van der Waals surface area contributed by atoms with Gasteiger partial charge in [-0.1, -0.05) is 12.1 Å². The topological polar surface area (TPSA) is 131 Å². The quantitative estimate of drug-likeness (QED) is 0.410. The predicted molar refractivity (Wildman–Crippen MR) is 100 cm³/mol. The molecule has 0 saturated heterocycles. The Morgan fingerprint density at radius 2 is 1.96 bits per heavy atom. The summed E-state index contributed by atoms with van der Waals surface area (Å²) in [6.45, 7) is -0.104. The van der Waals surface area contributed by atoms with Gasteiger partial charge < -0.3 is 26.2 Å². The molecule has 26 heavy (non-hydrogen) atoms. The summed E-state index contributed by atoms with van der Waals surface area (Å²) in [7, 11) is 1.59. The van der Waals surface area contributed by atoms with Gasteiger partial charge in [-0.2, -0.15) is 11.8 Å². The molecule has 0 fully saturated rings. The molecule has 0 heterocycles. The minimum Gasteiger partial charge on any atom is -0.497 e. The largest absolute Gasteiger partial charge is 0.497 e. The van der Waals surface area contributed by atoms with Crippen molar-refractivity contribution in [3.63, 3.8) is 0 Å². The van der Waals surface area contributed by atoms with Crippen molar-refractivity contribution >= 4 is 29.5 Å². The number of amides is 2. The summed E-state index contributed by atoms with van der Waals surface area (Å²) < 4.78 is 5.10. The minimum atomic E-state index is -1.14. The molecule has 0 saturated carbocycles. The van der Waals surface area contributed by atoms with Crippen LogP contribution >= 0.6 is 11.8 Å². The molecule has 1 aromatic rings. The van der Waals surface area contributed by atoms with Crippen LogP contribution in [0.3, 0.4) is 0 Å². The third-order valence-corrected chi connectivity index (χ3v) is 4.49. The van der Waals surface area contributed by atoms with Crippen molar-refractivity contribution in [3.8, 4) is 5.75 Å². The zero-order valence-electron chi connectivity index (χ0n) is 14.7. The number of hydrogen-bond acceptors (Lipinski definition) is 6. The zero-order chi connectivity index (χ0) is 19.4. The molecule has 8 nitrogen and oxygen atoms in total. The molecule has 1 atom stereocenters. The van der Waals surface area contributed by atoms with Gasteiger partial charge in [0.05, 0.1) is 7.11 Å². The van der Waals surface area contributed by atoms with Crippen LogP contribution in [-0.4, -0.2) is 54.9 Å². The number of nitrogens with one attached hydrogen (secondary N) is 2. The number of ether oxygens (including phenoxy) is 1. The number of methoxy groups -OCH3 is 1. The second-order valence-corrected chi connectivity index (χ2v) is 6.52. The van der Waals surface area contributed by atoms with Gasteiger partial charge in [0, 0.05) is 17.9 Å². The maximum absolute atomic E-state index is 12.1. The van der Waals surface area contributed by atoms with Crippen molar-refractivity contribution in [2.24, 2.45) is 5.73 Å². The highest BCUT2D eigenvalue weighted by atomic mass is 32.2. The van der Waals surface area contributed by atoms with E-state index in [1.807, 2.05) is 24.3 Å². The fraction of sp³-hybridized carbons (Fsp3) is 0.471. The number of aliphatic carboxylic acids is 1. The van der Waals surface area contributed by atoms with Crippen molar-refractivity contribution in [3.05, 3.63) is 29.8 Å². The summed E-state index contributed by atoms with van der Waals surface area (Å²) in [4.78, 5) is 34.6. The Balaban J connectivity index is 2.57. The third-order valence-electron chi connectivity index (χ3n) is 3.39. The van der Waals surface area contributed by atoms with E-state index in [0.717, 1.165) is 11.3 Å². The highest BCUT2D eigenvalue weighted by Crippen LogP contribution is 2.17. The lowest BCUT2D eigenvalue weighted by atomic mass is 10.2. The standard InChI is InChI=1S/C17H25N3O5S/c1-25-13-6-4-12(5-7-13)10-26-11-14(17(24)19-9-16(22)23)20-15(21)3-2-8-18/h4-7,14H,2-3,8-11,18H2,1H3,(H,19,24)(H,20,21)(H,22,23). The van der Waals surface area contributed by atoms with Gasteiger partial charge in [0.1, 0.15) is 18.3 Å². The van der Waals surface area contributed by atoms with E-state index in [0.29, 0.717) is 24.5 Å². The normalized spacial score (nSPS) is 11.5. The Hall–Kier alpha value is -2.26. The number of carbonyl (C=O) groups is 3. The first kappa shape index (κ1) is 21.8. The lowest BCUT2D eigenvalue weighted by Gasteiger charge is -2.18. The van der Waals surface area contributed by atoms with E-state index in [1.165, 1.54) is 11.8 Å². The summed E-state index contributed by atoms with van der Waals surface area (Å²) in [5.74, 6) is -0.210. The molecule has 2 amide bonds. The van der Waals surface area contributed by atoms with Gasteiger partial charge >= 0.3 is 5.97 Å². The molecular formula is C17H25N3O5S. The van der Waals surface area contributed by atoms with Crippen LogP contribution in [0.4, 0.5) is 0 Å². The predicted octanol–water partition coefficient (Wildman–Crippen LogP) is 0.353. The number of thioether (sulfide) groups is 1. The molecule has 0 aliphatic heterocycles. The van der Waals surface area contributed by atoms with E-state index in [2.05, 4.69) is 10.6 Å². The van der Waals surface area contributed by atoms with E-state index in [1.54, 1.807) is 7.11 Å². The summed E-state index contributed by atoms with van der Waals surface area (Å²) in [6, 6.07) is 6.74. The van der Waals surface area contributed by atoms with E-state index in [4.69, 9.17) is 15.6 Å². The molecule has 144 valence electrons. The molecule has 0 radical (unpaired) electrons. The van der Waals surface area contributed by atoms with Gasteiger partial charge in [-0.3, -0.25) is 14.4 Å². The lowest BCUT2D eigenvalue weighted by molar-refractivity contribution is -0.138. The molecular weight excluding hydrogens is 358 g/mol. The van der Waals surface area contributed by atoms with Crippen LogP contribution in [0, 0.1) is 0 Å². The molecule has 0 spiro atoms. The van der Waals surface area contributed by atoms with E-state index in [9.17, 15) is 14.4 Å². The van der Waals surface area contributed by atoms with E-state index in [-0.39, 0.29) is 12.3 Å². The molecule has 0 aromatic heterocycles. The van der Waals surface area contributed by atoms with Gasteiger partial charge in [0.25, 0.3) is 0 Å². The number of rotatable bonds is 12. The van der Waals surface area contributed by atoms with Crippen LogP contribution in [0.25, 0.3) is 0 Å². The van der Waals surface area contributed by atoms with Gasteiger partial charge in [-0.05, 0) is 30.7 Å². The fourth-order valence-corrected chi connectivity index (χ4v) is 3.03. The Bertz CT molecular complexity index is 595. The molecule has 1 unspecified atom stereocenters. The Morgan fingerprint density at radius 1 is 1.27 bits per heavy atom. The fourth-order valence-electron chi connectivity index (χ4n) is 2.01. The second-order valence-electron chi connectivity index (χ2n) is 5.49. The Morgan fingerprint density at radius 3 is 2.54 bits per heavy atom. The first-order valence-corrected chi connectivity index (χ1v) is 9.31. The summed E-state index contributed by atoms with van der Waals surface area (Å²) in [5.41, 5.74) is 6.43. The number of carbonyl (C=O) groups excluding carboxylic acids is 2. The molecule has 9 heteroatoms. The highest BCUT2D eigenvalue weighted by molar-refractivity contribution is 7.98. The maximum Gasteiger partial charge on any atom is 0.322 e. The summed E-state index contributed by atoms with van der Waals surface area (Å²) >= 11 is 1.47. The van der Waals surface area contributed by atoms with E-state index < -0.39 is 24.5 Å². The Labute approximate surface area is 156 Å². The number of carboxylic acids is 1. The monoisotopic (exact) mass is 383 g/mol. The van der Waals surface area contributed by atoms with Crippen molar-refractivity contribution in [2.75, 3.05) is 26.0 Å². The second kappa shape index (κ2) is 12.2. The van der Waals surface area contributed by atoms with Crippen molar-refractivity contribution in [1.29, 1.82) is 0 Å². The van der Waals surface area contributed by atoms with Crippen molar-refractivity contribution < 1.29 is 24.2 Å². The van der Waals surface area contributed by atoms with Crippen LogP contribution in [0.2, 0.25) is 0 Å². The van der Waals surface area contributed by atoms with Gasteiger partial charge in [0.15, 0.2) is 0 Å². The first-order valence-electron chi connectivity index (χ1n) is 8.16. The molecule has 0 bridgehead atoms. The Kier molecular flexibility index (Phi) is 10.2. The molecule has 1 rings (SSSR count). The first-order chi connectivity index (χ1) is 12.5. The van der Waals surface area contributed by atoms with E-state index >= 15 is 0 Å². The number of nitrogens with two attached hydrogens (primary N) is 1. The smallest absolute Gasteiger partial charge is 0.322 e. The van der Waals surface area contributed by atoms with Crippen LogP contribution < -0.4 is 21.1 Å². The van der Waals surface area contributed by atoms with Crippen LogP contribution in [-0.2, 0) is 20.1 Å². The molecule has 0 aliphatic carbocycles. The minimum absolute atomic E-state index is 0.225. The summed E-state index contributed by atoms with van der Waals surface area (Å²) in [5, 5.41) is 13.6. The SMILES string of the molecule is COc1ccc(CSCC(NC(=O)CCCN)C(=O)NCC(=O)O)cc1. The summed E-state index contributed by atoms with van der Waals surface area (Å²) in [6.07, 6.45) is 0.747. The third kappa shape index (κ3) is 8.72. The van der Waals surface area contributed by atoms with Gasteiger partial charge in [0.2, 0.25) is 11.8 Å². The molecule has 0 aliphatic rings. The molecule has 1 aromatic carbocycles.